The van der Waals surface area contributed by atoms with Crippen molar-refractivity contribution in [2.45, 2.75) is 88.6 Å². The predicted octanol–water partition coefficient (Wildman–Crippen LogP) is 8.48. The van der Waals surface area contributed by atoms with E-state index >= 15 is 0 Å². The maximum Gasteiger partial charge on any atom is 0.157 e. The lowest BCUT2D eigenvalue weighted by Crippen LogP contribution is -2.23. The molecule has 0 N–H and O–H groups in total. The number of aldehydes is 1. The minimum Gasteiger partial charge on any atom is -0.353 e. The number of ether oxygens (including phenoxy) is 4. The van der Waals surface area contributed by atoms with Gasteiger partial charge in [-0.25, -0.2) is 28.7 Å². The summed E-state index contributed by atoms with van der Waals surface area (Å²) in [5.41, 5.74) is 2.46. The van der Waals surface area contributed by atoms with Crippen LogP contribution in [0.15, 0.2) is 61.2 Å². The first kappa shape index (κ1) is 41.2. The van der Waals surface area contributed by atoms with Crippen molar-refractivity contribution in [2.24, 2.45) is 0 Å². The van der Waals surface area contributed by atoms with E-state index in [4.69, 9.17) is 42.1 Å². The standard InChI is InChI=1S/C20H21ClFN3O2.C20H22ClFN2O3/c21-17-5-3-4-15(19(17)22)10-14-12-24-20(25-13-14)16(11-23)7-9-27-18-6-1-2-8-26-18;21-17-5-3-4-15(19(17)22)10-14-11-23-20(24-12-14)16(13-25)7-9-27-18-6-1-2-8-26-18/h3-5,12-13,16,18H,1-2,6-10H2;3-5,11-13,16,18H,1-2,6-10H2. The molecule has 6 rings (SSSR count). The zero-order valence-corrected chi connectivity index (χ0v) is 31.4. The van der Waals surface area contributed by atoms with Crippen LogP contribution in [0.3, 0.4) is 0 Å². The molecule has 2 aromatic heterocycles. The Bertz CT molecular complexity index is 1800. The molecule has 4 aromatic rings. The molecule has 0 aliphatic carbocycles. The molecule has 4 unspecified atom stereocenters. The Labute approximate surface area is 324 Å². The van der Waals surface area contributed by atoms with Crippen LogP contribution in [0.4, 0.5) is 8.78 Å². The molecule has 2 fully saturated rings. The Balaban J connectivity index is 0.000000208. The summed E-state index contributed by atoms with van der Waals surface area (Å²) in [7, 11) is 0. The van der Waals surface area contributed by atoms with Gasteiger partial charge in [0.1, 0.15) is 35.5 Å². The van der Waals surface area contributed by atoms with Crippen molar-refractivity contribution in [1.82, 2.24) is 19.9 Å². The number of hydrogen-bond acceptors (Lipinski definition) is 10. The number of nitrogens with zero attached hydrogens (tertiary/aromatic N) is 5. The maximum atomic E-state index is 14.0. The van der Waals surface area contributed by atoms with Gasteiger partial charge >= 0.3 is 0 Å². The number of hydrogen-bond donors (Lipinski definition) is 0. The van der Waals surface area contributed by atoms with Crippen LogP contribution in [0.25, 0.3) is 0 Å². The highest BCUT2D eigenvalue weighted by Gasteiger charge is 2.20. The van der Waals surface area contributed by atoms with Crippen LogP contribution in [-0.2, 0) is 36.6 Å². The molecule has 2 aromatic carbocycles. The van der Waals surface area contributed by atoms with Gasteiger partial charge in [0.25, 0.3) is 0 Å². The highest BCUT2D eigenvalue weighted by molar-refractivity contribution is 6.31. The largest absolute Gasteiger partial charge is 0.353 e. The first-order valence-corrected chi connectivity index (χ1v) is 18.9. The molecule has 54 heavy (non-hydrogen) atoms. The second kappa shape index (κ2) is 21.8. The molecule has 0 amide bonds. The summed E-state index contributed by atoms with van der Waals surface area (Å²) in [5.74, 6) is -0.873. The fourth-order valence-electron chi connectivity index (χ4n) is 5.93. The summed E-state index contributed by atoms with van der Waals surface area (Å²) in [6.45, 7) is 2.28. The van der Waals surface area contributed by atoms with Crippen molar-refractivity contribution in [3.8, 4) is 6.07 Å². The SMILES string of the molecule is N#CC(CCOC1CCCCO1)c1ncc(Cc2cccc(Cl)c2F)cn1.O=CC(CCOC1CCCCO1)c1ncc(Cc2cccc(Cl)c2F)cn1. The van der Waals surface area contributed by atoms with Crippen LogP contribution >= 0.6 is 23.2 Å². The quantitative estimate of drug-likeness (QED) is 0.108. The second-order valence-electron chi connectivity index (χ2n) is 13.0. The Morgan fingerprint density at radius 2 is 1.24 bits per heavy atom. The molecule has 10 nitrogen and oxygen atoms in total. The first-order valence-electron chi connectivity index (χ1n) is 18.1. The lowest BCUT2D eigenvalue weighted by molar-refractivity contribution is -0.163. The van der Waals surface area contributed by atoms with Crippen molar-refractivity contribution < 1.29 is 32.5 Å². The number of rotatable bonds is 15. The third kappa shape index (κ3) is 12.5. The van der Waals surface area contributed by atoms with Gasteiger partial charge in [0, 0.05) is 50.8 Å². The van der Waals surface area contributed by atoms with Gasteiger partial charge in [-0.15, -0.1) is 0 Å². The highest BCUT2D eigenvalue weighted by atomic mass is 35.5. The van der Waals surface area contributed by atoms with E-state index in [0.29, 0.717) is 61.7 Å². The molecule has 4 heterocycles. The van der Waals surface area contributed by atoms with Crippen LogP contribution in [0.1, 0.15) is 97.1 Å². The number of nitriles is 1. The molecule has 0 spiro atoms. The summed E-state index contributed by atoms with van der Waals surface area (Å²) in [5, 5.41) is 9.59. The van der Waals surface area contributed by atoms with Crippen molar-refractivity contribution in [3.05, 3.63) is 117 Å². The minimum absolute atomic E-state index is 0.0907. The third-order valence-electron chi connectivity index (χ3n) is 8.98. The molecule has 2 aliphatic heterocycles. The van der Waals surface area contributed by atoms with Crippen LogP contribution in [0.2, 0.25) is 10.0 Å². The predicted molar refractivity (Wildman–Crippen MR) is 198 cm³/mol. The topological polar surface area (TPSA) is 129 Å². The van der Waals surface area contributed by atoms with E-state index in [1.54, 1.807) is 49.1 Å². The summed E-state index contributed by atoms with van der Waals surface area (Å²) in [6.07, 6.45) is 14.7. The molecular weight excluding hydrogens is 739 g/mol. The monoisotopic (exact) mass is 781 g/mol. The van der Waals surface area contributed by atoms with Crippen LogP contribution < -0.4 is 0 Å². The number of carbonyl (C=O) groups excluding carboxylic acids is 1. The molecule has 0 bridgehead atoms. The number of benzene rings is 2. The zero-order valence-electron chi connectivity index (χ0n) is 29.8. The van der Waals surface area contributed by atoms with E-state index in [9.17, 15) is 18.8 Å². The molecule has 2 saturated heterocycles. The number of aromatic nitrogens is 4. The molecule has 286 valence electrons. The first-order chi connectivity index (χ1) is 26.3. The van der Waals surface area contributed by atoms with Crippen molar-refractivity contribution in [3.63, 3.8) is 0 Å². The fourth-order valence-corrected chi connectivity index (χ4v) is 6.32. The Kier molecular flexibility index (Phi) is 16.6. The fraction of sp³-hybridized carbons (Fsp3) is 0.450. The average Bonchev–Trinajstić information content (AvgIpc) is 3.20. The molecule has 0 saturated carbocycles. The van der Waals surface area contributed by atoms with Crippen LogP contribution in [-0.4, -0.2) is 65.2 Å². The van der Waals surface area contributed by atoms with Crippen molar-refractivity contribution in [2.75, 3.05) is 26.4 Å². The molecule has 0 radical (unpaired) electrons. The van der Waals surface area contributed by atoms with E-state index in [1.807, 2.05) is 0 Å². The summed E-state index contributed by atoms with van der Waals surface area (Å²) in [4.78, 5) is 28.5. The van der Waals surface area contributed by atoms with Crippen LogP contribution in [0, 0.1) is 23.0 Å². The van der Waals surface area contributed by atoms with E-state index in [0.717, 1.165) is 69.2 Å². The van der Waals surface area contributed by atoms with Gasteiger partial charge in [-0.2, -0.15) is 5.26 Å². The average molecular weight is 783 g/mol. The Morgan fingerprint density at radius 1 is 0.759 bits per heavy atom. The van der Waals surface area contributed by atoms with Crippen molar-refractivity contribution >= 4 is 29.5 Å². The summed E-state index contributed by atoms with van der Waals surface area (Å²) < 4.78 is 50.4. The van der Waals surface area contributed by atoms with Gasteiger partial charge in [0.15, 0.2) is 12.6 Å². The molecule has 14 heteroatoms. The smallest absolute Gasteiger partial charge is 0.157 e. The van der Waals surface area contributed by atoms with Crippen LogP contribution in [0.5, 0.6) is 0 Å². The van der Waals surface area contributed by atoms with Gasteiger partial charge in [-0.1, -0.05) is 47.5 Å². The van der Waals surface area contributed by atoms with Gasteiger partial charge in [-0.05, 0) is 85.8 Å². The summed E-state index contributed by atoms with van der Waals surface area (Å²) >= 11 is 11.6. The normalized spacial score (nSPS) is 18.1. The van der Waals surface area contributed by atoms with E-state index < -0.39 is 23.5 Å². The number of halogens is 4. The van der Waals surface area contributed by atoms with Gasteiger partial charge in [-0.3, -0.25) is 0 Å². The Morgan fingerprint density at radius 3 is 1.69 bits per heavy atom. The minimum atomic E-state index is -0.453. The third-order valence-corrected chi connectivity index (χ3v) is 9.57. The molecule has 4 atom stereocenters. The van der Waals surface area contributed by atoms with Gasteiger partial charge in [0.05, 0.1) is 35.2 Å². The summed E-state index contributed by atoms with van der Waals surface area (Å²) in [6, 6.07) is 12.0. The number of carbonyl (C=O) groups is 1. The molecule has 2 aliphatic rings. The second-order valence-corrected chi connectivity index (χ2v) is 13.8. The Hall–Kier alpha value is -3.96. The van der Waals surface area contributed by atoms with E-state index in [1.165, 1.54) is 12.1 Å². The lowest BCUT2D eigenvalue weighted by Gasteiger charge is -2.23. The van der Waals surface area contributed by atoms with E-state index in [-0.39, 0.29) is 22.6 Å². The molecular formula is C40H43Cl2F2N5O5. The van der Waals surface area contributed by atoms with Crippen molar-refractivity contribution in [1.29, 1.82) is 5.26 Å². The van der Waals surface area contributed by atoms with Gasteiger partial charge < -0.3 is 23.7 Å². The van der Waals surface area contributed by atoms with E-state index in [2.05, 4.69) is 26.0 Å². The lowest BCUT2D eigenvalue weighted by atomic mass is 10.1. The van der Waals surface area contributed by atoms with Gasteiger partial charge in [0.2, 0.25) is 0 Å². The maximum absolute atomic E-state index is 14.0. The zero-order chi connectivity index (χ0) is 38.1. The highest BCUT2D eigenvalue weighted by Crippen LogP contribution is 2.24.